The zero-order valence-corrected chi connectivity index (χ0v) is 16.6. The van der Waals surface area contributed by atoms with E-state index in [-0.39, 0.29) is 17.4 Å². The topological polar surface area (TPSA) is 92.9 Å². The molecule has 1 fully saturated rings. The number of thioether (sulfide) groups is 1. The number of hydrogen-bond donors (Lipinski definition) is 0. The zero-order valence-electron chi connectivity index (χ0n) is 15.8. The standard InChI is InChI=1S/C21H19N3O4S/c1-15(25)17-7-9-18(10-8-17)22-21-23(12-3-13-29-21)20(26)11-6-16-4-2-5-19(14-16)24(27)28/h2,4-11,14H,3,12-13H2,1H3. The first-order valence-corrected chi connectivity index (χ1v) is 9.99. The van der Waals surface area contributed by atoms with Crippen LogP contribution >= 0.6 is 11.8 Å². The summed E-state index contributed by atoms with van der Waals surface area (Å²) in [7, 11) is 0. The SMILES string of the molecule is CC(=O)c1ccc(N=C2SCCCN2C(=O)C=Cc2cccc([N+](=O)[O-])c2)cc1. The number of non-ortho nitro benzene ring substituents is 1. The number of carbonyl (C=O) groups is 2. The fraction of sp³-hybridized carbons (Fsp3) is 0.190. The molecule has 2 aromatic rings. The Balaban J connectivity index is 1.78. The van der Waals surface area contributed by atoms with Crippen molar-refractivity contribution in [2.75, 3.05) is 12.3 Å². The minimum Gasteiger partial charge on any atom is -0.295 e. The number of nitrogens with zero attached hydrogens (tertiary/aromatic N) is 3. The summed E-state index contributed by atoms with van der Waals surface area (Å²) in [6, 6.07) is 13.0. The summed E-state index contributed by atoms with van der Waals surface area (Å²) in [5.41, 5.74) is 1.83. The van der Waals surface area contributed by atoms with Crippen molar-refractivity contribution in [2.45, 2.75) is 13.3 Å². The second kappa shape index (κ2) is 9.29. The largest absolute Gasteiger partial charge is 0.295 e. The lowest BCUT2D eigenvalue weighted by Crippen LogP contribution is -2.38. The Morgan fingerprint density at radius 3 is 2.66 bits per heavy atom. The molecule has 1 heterocycles. The van der Waals surface area contributed by atoms with E-state index in [1.54, 1.807) is 47.4 Å². The van der Waals surface area contributed by atoms with Gasteiger partial charge in [-0.05, 0) is 49.2 Å². The number of rotatable bonds is 5. The van der Waals surface area contributed by atoms with Gasteiger partial charge in [0.15, 0.2) is 11.0 Å². The van der Waals surface area contributed by atoms with Crippen LogP contribution in [0.25, 0.3) is 6.08 Å². The molecule has 8 heteroatoms. The van der Waals surface area contributed by atoms with E-state index in [0.29, 0.717) is 28.5 Å². The van der Waals surface area contributed by atoms with E-state index in [1.807, 2.05) is 0 Å². The van der Waals surface area contributed by atoms with E-state index in [9.17, 15) is 19.7 Å². The molecule has 2 aromatic carbocycles. The minimum absolute atomic E-state index is 0.0145. The number of nitro groups is 1. The minimum atomic E-state index is -0.470. The van der Waals surface area contributed by atoms with Crippen molar-refractivity contribution in [3.63, 3.8) is 0 Å². The average Bonchev–Trinajstić information content (AvgIpc) is 2.73. The Morgan fingerprint density at radius 1 is 1.21 bits per heavy atom. The summed E-state index contributed by atoms with van der Waals surface area (Å²) >= 11 is 1.50. The number of aliphatic imine (C=N–C) groups is 1. The molecule has 0 bridgehead atoms. The van der Waals surface area contributed by atoms with Gasteiger partial charge in [-0.2, -0.15) is 0 Å². The number of nitro benzene ring substituents is 1. The maximum atomic E-state index is 12.7. The Bertz CT molecular complexity index is 999. The second-order valence-corrected chi connectivity index (χ2v) is 7.44. The first-order valence-electron chi connectivity index (χ1n) is 9.00. The number of ketones is 1. The summed E-state index contributed by atoms with van der Waals surface area (Å²) in [6.45, 7) is 2.06. The van der Waals surface area contributed by atoms with Gasteiger partial charge in [-0.15, -0.1) is 0 Å². The highest BCUT2D eigenvalue weighted by molar-refractivity contribution is 8.13. The fourth-order valence-corrected chi connectivity index (χ4v) is 3.70. The smallest absolute Gasteiger partial charge is 0.270 e. The van der Waals surface area contributed by atoms with E-state index < -0.39 is 4.92 Å². The summed E-state index contributed by atoms with van der Waals surface area (Å²) in [4.78, 5) is 40.7. The van der Waals surface area contributed by atoms with Crippen molar-refractivity contribution in [3.05, 3.63) is 75.8 Å². The molecule has 0 aliphatic carbocycles. The fourth-order valence-electron chi connectivity index (χ4n) is 2.74. The van der Waals surface area contributed by atoms with Gasteiger partial charge >= 0.3 is 0 Å². The Labute approximate surface area is 172 Å². The van der Waals surface area contributed by atoms with Crippen LogP contribution in [0.1, 0.15) is 29.3 Å². The number of amides is 1. The molecule has 0 spiro atoms. The quantitative estimate of drug-likeness (QED) is 0.314. The zero-order chi connectivity index (χ0) is 20.8. The molecule has 0 radical (unpaired) electrons. The number of benzene rings is 2. The lowest BCUT2D eigenvalue weighted by atomic mass is 10.1. The highest BCUT2D eigenvalue weighted by atomic mass is 32.2. The molecule has 0 unspecified atom stereocenters. The third-order valence-corrected chi connectivity index (χ3v) is 5.31. The van der Waals surface area contributed by atoms with Gasteiger partial charge in [-0.3, -0.25) is 24.6 Å². The molecule has 7 nitrogen and oxygen atoms in total. The van der Waals surface area contributed by atoms with Crippen LogP contribution in [0.4, 0.5) is 11.4 Å². The van der Waals surface area contributed by atoms with Crippen molar-refractivity contribution >= 4 is 46.1 Å². The predicted octanol–water partition coefficient (Wildman–Crippen LogP) is 4.46. The lowest BCUT2D eigenvalue weighted by Gasteiger charge is -2.26. The lowest BCUT2D eigenvalue weighted by molar-refractivity contribution is -0.384. The van der Waals surface area contributed by atoms with Gasteiger partial charge in [0, 0.05) is 36.1 Å². The first kappa shape index (κ1) is 20.5. The maximum Gasteiger partial charge on any atom is 0.270 e. The van der Waals surface area contributed by atoms with E-state index in [0.717, 1.165) is 12.2 Å². The van der Waals surface area contributed by atoms with E-state index in [1.165, 1.54) is 36.9 Å². The van der Waals surface area contributed by atoms with Crippen molar-refractivity contribution in [3.8, 4) is 0 Å². The van der Waals surface area contributed by atoms with E-state index in [4.69, 9.17) is 0 Å². The van der Waals surface area contributed by atoms with Crippen molar-refractivity contribution < 1.29 is 14.5 Å². The molecule has 3 rings (SSSR count). The van der Waals surface area contributed by atoms with Gasteiger partial charge in [-0.25, -0.2) is 4.99 Å². The highest BCUT2D eigenvalue weighted by Crippen LogP contribution is 2.23. The normalized spacial score (nSPS) is 15.6. The van der Waals surface area contributed by atoms with Crippen LogP contribution in [0, 0.1) is 10.1 Å². The number of amidine groups is 1. The van der Waals surface area contributed by atoms with Crippen molar-refractivity contribution in [1.82, 2.24) is 4.90 Å². The van der Waals surface area contributed by atoms with Crippen molar-refractivity contribution in [2.24, 2.45) is 4.99 Å². The van der Waals surface area contributed by atoms with Crippen LogP contribution in [0.5, 0.6) is 0 Å². The summed E-state index contributed by atoms with van der Waals surface area (Å²) in [5.74, 6) is 0.616. The van der Waals surface area contributed by atoms with Crippen LogP contribution in [0.15, 0.2) is 59.6 Å². The molecule has 1 aliphatic rings. The number of hydrogen-bond acceptors (Lipinski definition) is 6. The molecule has 1 amide bonds. The maximum absolute atomic E-state index is 12.7. The first-order chi connectivity index (χ1) is 13.9. The summed E-state index contributed by atoms with van der Waals surface area (Å²) in [5, 5.41) is 11.5. The highest BCUT2D eigenvalue weighted by Gasteiger charge is 2.22. The van der Waals surface area contributed by atoms with Crippen LogP contribution in [0.2, 0.25) is 0 Å². The third-order valence-electron chi connectivity index (χ3n) is 4.25. The van der Waals surface area contributed by atoms with Crippen LogP contribution in [-0.2, 0) is 4.79 Å². The number of Topliss-reactive ketones (excluding diaryl/α,β-unsaturated/α-hetero) is 1. The molecule has 1 saturated heterocycles. The third kappa shape index (κ3) is 5.39. The van der Waals surface area contributed by atoms with Gasteiger partial charge in [0.1, 0.15) is 0 Å². The molecule has 0 N–H and O–H groups in total. The van der Waals surface area contributed by atoms with Crippen LogP contribution in [0.3, 0.4) is 0 Å². The number of carbonyl (C=O) groups excluding carboxylic acids is 2. The van der Waals surface area contributed by atoms with Gasteiger partial charge in [0.2, 0.25) is 0 Å². The molecule has 1 aliphatic heterocycles. The van der Waals surface area contributed by atoms with E-state index >= 15 is 0 Å². The van der Waals surface area contributed by atoms with E-state index in [2.05, 4.69) is 4.99 Å². The molecule has 148 valence electrons. The van der Waals surface area contributed by atoms with Crippen molar-refractivity contribution in [1.29, 1.82) is 0 Å². The average molecular weight is 409 g/mol. The summed E-state index contributed by atoms with van der Waals surface area (Å²) < 4.78 is 0. The molecular formula is C21H19N3O4S. The van der Waals surface area contributed by atoms with Crippen LogP contribution in [-0.4, -0.2) is 39.0 Å². The Hall–Kier alpha value is -3.26. The molecule has 0 aromatic heterocycles. The predicted molar refractivity (Wildman–Crippen MR) is 114 cm³/mol. The molecule has 0 atom stereocenters. The summed E-state index contributed by atoms with van der Waals surface area (Å²) in [6.07, 6.45) is 3.82. The van der Waals surface area contributed by atoms with Gasteiger partial charge in [0.25, 0.3) is 11.6 Å². The second-order valence-electron chi connectivity index (χ2n) is 6.37. The monoisotopic (exact) mass is 409 g/mol. The molecule has 29 heavy (non-hydrogen) atoms. The molecule has 0 saturated carbocycles. The van der Waals surface area contributed by atoms with Crippen LogP contribution < -0.4 is 0 Å². The Morgan fingerprint density at radius 2 is 1.97 bits per heavy atom. The van der Waals surface area contributed by atoms with Gasteiger partial charge < -0.3 is 0 Å². The Kier molecular flexibility index (Phi) is 6.56. The van der Waals surface area contributed by atoms with Gasteiger partial charge in [-0.1, -0.05) is 23.9 Å². The molecular weight excluding hydrogens is 390 g/mol. The van der Waals surface area contributed by atoms with Gasteiger partial charge in [0.05, 0.1) is 10.6 Å².